The van der Waals surface area contributed by atoms with Crippen LogP contribution in [-0.2, 0) is 12.8 Å². The smallest absolute Gasteiger partial charge is 0.119 e. The molecule has 0 radical (unpaired) electrons. The van der Waals surface area contributed by atoms with Gasteiger partial charge < -0.3 is 4.74 Å². The first-order valence-electron chi connectivity index (χ1n) is 8.85. The number of hydrogen-bond donors (Lipinski definition) is 0. The number of aryl methyl sites for hydroxylation is 2. The highest BCUT2D eigenvalue weighted by Gasteiger charge is 2.20. The molecule has 3 rings (SSSR count). The van der Waals surface area contributed by atoms with Gasteiger partial charge in [0.15, 0.2) is 0 Å². The van der Waals surface area contributed by atoms with E-state index < -0.39 is 0 Å². The Hall–Kier alpha value is -1.02. The van der Waals surface area contributed by atoms with Gasteiger partial charge >= 0.3 is 0 Å². The van der Waals surface area contributed by atoms with Gasteiger partial charge in [0.05, 0.1) is 0 Å². The third-order valence-electron chi connectivity index (χ3n) is 5.19. The Bertz CT molecular complexity index is 457. The maximum atomic E-state index is 6.03. The fourth-order valence-electron chi connectivity index (χ4n) is 3.90. The second-order valence-electron chi connectivity index (χ2n) is 6.58. The van der Waals surface area contributed by atoms with Gasteiger partial charge in [-0.1, -0.05) is 19.4 Å². The number of fused-ring (bicyclic) bond motifs is 1. The zero-order chi connectivity index (χ0) is 14.5. The molecule has 0 amide bonds. The Morgan fingerprint density at radius 1 is 1.10 bits per heavy atom. The quantitative estimate of drug-likeness (QED) is 0.804. The third kappa shape index (κ3) is 3.79. The summed E-state index contributed by atoms with van der Waals surface area (Å²) in [6.07, 6.45) is 10.6. The van der Waals surface area contributed by atoms with Crippen LogP contribution in [0.5, 0.6) is 5.75 Å². The van der Waals surface area contributed by atoms with Crippen LogP contribution < -0.4 is 4.74 Å². The molecule has 0 bridgehead atoms. The van der Waals surface area contributed by atoms with Crippen molar-refractivity contribution in [1.82, 2.24) is 4.90 Å². The lowest BCUT2D eigenvalue weighted by atomic mass is 9.92. The van der Waals surface area contributed by atoms with Crippen molar-refractivity contribution in [2.45, 2.75) is 64.3 Å². The van der Waals surface area contributed by atoms with E-state index in [4.69, 9.17) is 4.74 Å². The SMILES string of the molecule is CCC1CCCCN1CCOc1ccc2c(c1)CCCC2. The predicted molar refractivity (Wildman–Crippen MR) is 88.1 cm³/mol. The molecule has 0 saturated carbocycles. The number of piperidine rings is 1. The highest BCUT2D eigenvalue weighted by Crippen LogP contribution is 2.25. The molecule has 1 aliphatic heterocycles. The second kappa shape index (κ2) is 7.31. The van der Waals surface area contributed by atoms with Crippen LogP contribution in [0.15, 0.2) is 18.2 Å². The molecule has 1 aromatic rings. The van der Waals surface area contributed by atoms with Crippen molar-refractivity contribution >= 4 is 0 Å². The Morgan fingerprint density at radius 3 is 2.81 bits per heavy atom. The molecule has 1 aliphatic carbocycles. The summed E-state index contributed by atoms with van der Waals surface area (Å²) < 4.78 is 6.03. The molecular formula is C19H29NO. The number of benzene rings is 1. The number of nitrogens with zero attached hydrogens (tertiary/aromatic N) is 1. The van der Waals surface area contributed by atoms with Gasteiger partial charge in [-0.05, 0) is 74.8 Å². The minimum atomic E-state index is 0.783. The van der Waals surface area contributed by atoms with E-state index in [1.807, 2.05) is 0 Å². The third-order valence-corrected chi connectivity index (χ3v) is 5.19. The van der Waals surface area contributed by atoms with E-state index in [2.05, 4.69) is 30.0 Å². The van der Waals surface area contributed by atoms with Crippen LogP contribution in [0.1, 0.15) is 56.6 Å². The van der Waals surface area contributed by atoms with Crippen LogP contribution >= 0.6 is 0 Å². The Balaban J connectivity index is 1.50. The summed E-state index contributed by atoms with van der Waals surface area (Å²) in [6, 6.07) is 7.50. The van der Waals surface area contributed by atoms with Crippen molar-refractivity contribution in [3.8, 4) is 5.75 Å². The molecule has 1 fully saturated rings. The summed E-state index contributed by atoms with van der Waals surface area (Å²) in [5.41, 5.74) is 3.05. The molecule has 2 aliphatic rings. The lowest BCUT2D eigenvalue weighted by molar-refractivity contribution is 0.120. The van der Waals surface area contributed by atoms with Crippen molar-refractivity contribution in [3.63, 3.8) is 0 Å². The number of ether oxygens (including phenoxy) is 1. The number of rotatable bonds is 5. The van der Waals surface area contributed by atoms with Crippen LogP contribution in [0.2, 0.25) is 0 Å². The highest BCUT2D eigenvalue weighted by molar-refractivity contribution is 5.37. The molecule has 0 N–H and O–H groups in total. The minimum Gasteiger partial charge on any atom is -0.492 e. The molecule has 2 nitrogen and oxygen atoms in total. The Labute approximate surface area is 129 Å². The maximum absolute atomic E-state index is 6.03. The summed E-state index contributed by atoms with van der Waals surface area (Å²) >= 11 is 0. The molecule has 1 unspecified atom stereocenters. The normalized spacial score (nSPS) is 22.8. The van der Waals surface area contributed by atoms with Crippen LogP contribution in [-0.4, -0.2) is 30.6 Å². The Morgan fingerprint density at radius 2 is 1.95 bits per heavy atom. The van der Waals surface area contributed by atoms with E-state index in [1.165, 1.54) is 69.0 Å². The molecule has 1 aromatic carbocycles. The van der Waals surface area contributed by atoms with Gasteiger partial charge in [0.2, 0.25) is 0 Å². The van der Waals surface area contributed by atoms with E-state index in [0.29, 0.717) is 0 Å². The molecule has 1 saturated heterocycles. The van der Waals surface area contributed by atoms with Crippen molar-refractivity contribution < 1.29 is 4.74 Å². The molecule has 2 heteroatoms. The summed E-state index contributed by atoms with van der Waals surface area (Å²) in [6.45, 7) is 5.48. The van der Waals surface area contributed by atoms with Gasteiger partial charge in [-0.25, -0.2) is 0 Å². The van der Waals surface area contributed by atoms with E-state index in [-0.39, 0.29) is 0 Å². The minimum absolute atomic E-state index is 0.783. The zero-order valence-corrected chi connectivity index (χ0v) is 13.4. The molecule has 116 valence electrons. The molecule has 1 atom stereocenters. The lowest BCUT2D eigenvalue weighted by Crippen LogP contribution is -2.41. The van der Waals surface area contributed by atoms with Gasteiger partial charge in [-0.2, -0.15) is 0 Å². The second-order valence-corrected chi connectivity index (χ2v) is 6.58. The summed E-state index contributed by atoms with van der Waals surface area (Å²) in [5, 5.41) is 0. The zero-order valence-electron chi connectivity index (χ0n) is 13.4. The Kier molecular flexibility index (Phi) is 5.18. The highest BCUT2D eigenvalue weighted by atomic mass is 16.5. The average Bonchev–Trinajstić information content (AvgIpc) is 2.55. The fraction of sp³-hybridized carbons (Fsp3) is 0.684. The molecular weight excluding hydrogens is 258 g/mol. The first kappa shape index (κ1) is 14.9. The largest absolute Gasteiger partial charge is 0.492 e. The first-order valence-corrected chi connectivity index (χ1v) is 8.85. The molecule has 21 heavy (non-hydrogen) atoms. The van der Waals surface area contributed by atoms with Gasteiger partial charge in [0.1, 0.15) is 12.4 Å². The van der Waals surface area contributed by atoms with E-state index in [9.17, 15) is 0 Å². The van der Waals surface area contributed by atoms with Crippen LogP contribution in [0.3, 0.4) is 0 Å². The van der Waals surface area contributed by atoms with Crippen molar-refractivity contribution in [3.05, 3.63) is 29.3 Å². The van der Waals surface area contributed by atoms with E-state index in [0.717, 1.165) is 24.9 Å². The maximum Gasteiger partial charge on any atom is 0.119 e. The van der Waals surface area contributed by atoms with Crippen LogP contribution in [0.25, 0.3) is 0 Å². The van der Waals surface area contributed by atoms with Crippen molar-refractivity contribution in [2.24, 2.45) is 0 Å². The van der Waals surface area contributed by atoms with Gasteiger partial charge in [-0.3, -0.25) is 4.90 Å². The number of hydrogen-bond acceptors (Lipinski definition) is 2. The standard InChI is InChI=1S/C19H29NO/c1-2-18-9-5-6-12-20(18)13-14-21-19-11-10-16-7-3-4-8-17(16)15-19/h10-11,15,18H,2-9,12-14H2,1H3. The van der Waals surface area contributed by atoms with Crippen LogP contribution in [0, 0.1) is 0 Å². The topological polar surface area (TPSA) is 12.5 Å². The lowest BCUT2D eigenvalue weighted by Gasteiger charge is -2.35. The van der Waals surface area contributed by atoms with Gasteiger partial charge in [0.25, 0.3) is 0 Å². The van der Waals surface area contributed by atoms with Crippen LogP contribution in [0.4, 0.5) is 0 Å². The molecule has 1 heterocycles. The number of likely N-dealkylation sites (tertiary alicyclic amines) is 1. The van der Waals surface area contributed by atoms with E-state index in [1.54, 1.807) is 0 Å². The molecule has 0 aromatic heterocycles. The predicted octanol–water partition coefficient (Wildman–Crippen LogP) is 4.21. The fourth-order valence-corrected chi connectivity index (χ4v) is 3.90. The van der Waals surface area contributed by atoms with Crippen molar-refractivity contribution in [2.75, 3.05) is 19.7 Å². The van der Waals surface area contributed by atoms with Gasteiger partial charge in [-0.15, -0.1) is 0 Å². The average molecular weight is 287 g/mol. The first-order chi connectivity index (χ1) is 10.4. The summed E-state index contributed by atoms with van der Waals surface area (Å²) in [7, 11) is 0. The van der Waals surface area contributed by atoms with Crippen molar-refractivity contribution in [1.29, 1.82) is 0 Å². The van der Waals surface area contributed by atoms with Gasteiger partial charge in [0, 0.05) is 12.6 Å². The summed E-state index contributed by atoms with van der Waals surface area (Å²) in [4.78, 5) is 2.63. The summed E-state index contributed by atoms with van der Waals surface area (Å²) in [5.74, 6) is 1.07. The monoisotopic (exact) mass is 287 g/mol. The van der Waals surface area contributed by atoms with E-state index >= 15 is 0 Å². The molecule has 0 spiro atoms.